The van der Waals surface area contributed by atoms with Crippen molar-refractivity contribution in [3.8, 4) is 0 Å². The van der Waals surface area contributed by atoms with Gasteiger partial charge in [-0.2, -0.15) is 0 Å². The van der Waals surface area contributed by atoms with Gasteiger partial charge in [0.2, 0.25) is 0 Å². The molecule has 2 radical (unpaired) electrons. The van der Waals surface area contributed by atoms with Gasteiger partial charge in [-0.25, -0.2) is 0 Å². The zero-order valence-corrected chi connectivity index (χ0v) is 9.26. The molecule has 5 heavy (non-hydrogen) atoms. The third-order valence-corrected chi connectivity index (χ3v) is 0. The summed E-state index contributed by atoms with van der Waals surface area (Å²) in [5.41, 5.74) is 0. The maximum atomic E-state index is 0. The molecule has 0 saturated heterocycles. The van der Waals surface area contributed by atoms with Crippen LogP contribution >= 0.6 is 0 Å². The van der Waals surface area contributed by atoms with Gasteiger partial charge in [0.1, 0.15) is 0 Å². The van der Waals surface area contributed by atoms with Gasteiger partial charge in [-0.3, -0.25) is 0 Å². The van der Waals surface area contributed by atoms with Gasteiger partial charge in [0, 0.05) is 86.7 Å². The summed E-state index contributed by atoms with van der Waals surface area (Å²) in [6.07, 6.45) is 0. The van der Waals surface area contributed by atoms with E-state index in [-0.39, 0.29) is 104 Å². The minimum absolute atomic E-state index is 0. The summed E-state index contributed by atoms with van der Waals surface area (Å²) < 4.78 is 0. The average Bonchev–Trinajstić information content (AvgIpc) is 0. The Morgan fingerprint density at radius 1 is 1.00 bits per heavy atom. The molecular formula is H3AlCuMoNbZr. The quantitative estimate of drug-likeness (QED) is 0.468. The normalized spacial score (nSPS) is 0. The van der Waals surface area contributed by atoms with Gasteiger partial charge < -0.3 is 0 Å². The van der Waals surface area contributed by atoms with Crippen LogP contribution in [0.25, 0.3) is 0 Å². The van der Waals surface area contributed by atoms with E-state index in [1.165, 1.54) is 0 Å². The summed E-state index contributed by atoms with van der Waals surface area (Å²) in [7, 11) is 0. The van der Waals surface area contributed by atoms with E-state index in [1.54, 1.807) is 0 Å². The van der Waals surface area contributed by atoms with E-state index < -0.39 is 0 Å². The van der Waals surface area contributed by atoms with Gasteiger partial charge in [-0.1, -0.05) is 0 Å². The van der Waals surface area contributed by atoms with Gasteiger partial charge in [-0.05, 0) is 0 Å². The summed E-state index contributed by atoms with van der Waals surface area (Å²) in [5.74, 6) is 0. The van der Waals surface area contributed by atoms with Gasteiger partial charge >= 0.3 is 0 Å². The van der Waals surface area contributed by atoms with Crippen LogP contribution in [-0.2, 0) is 86.7 Å². The molecule has 32 valence electrons. The number of hydrogen-bond acceptors (Lipinski definition) is 0. The molecule has 0 heterocycles. The maximum Gasteiger partial charge on any atom is 0.187 e. The fourth-order valence-electron chi connectivity index (χ4n) is 0. The third-order valence-electron chi connectivity index (χ3n) is 0. The van der Waals surface area contributed by atoms with Crippen LogP contribution in [0.1, 0.15) is 0 Å². The zero-order chi connectivity index (χ0) is 0. The van der Waals surface area contributed by atoms with Crippen LogP contribution in [0.2, 0.25) is 0 Å². The van der Waals surface area contributed by atoms with Crippen LogP contribution in [0, 0.1) is 0 Å². The molecule has 0 aliphatic heterocycles. The summed E-state index contributed by atoms with van der Waals surface area (Å²) in [6.45, 7) is 0. The zero-order valence-electron chi connectivity index (χ0n) is 1.66. The van der Waals surface area contributed by atoms with Crippen molar-refractivity contribution in [3.05, 3.63) is 0 Å². The second-order valence-corrected chi connectivity index (χ2v) is 0. The summed E-state index contributed by atoms with van der Waals surface area (Å²) in [6, 6.07) is 0. The maximum absolute atomic E-state index is 0. The SMILES string of the molecule is [AlH3].[Cu].[Mo].[Nb].[Zr]. The van der Waals surface area contributed by atoms with E-state index >= 15 is 0 Å². The molecular weight excluding hydrogens is 371 g/mol. The van der Waals surface area contributed by atoms with E-state index in [4.69, 9.17) is 0 Å². The average molecular weight is 374 g/mol. The van der Waals surface area contributed by atoms with Crippen LogP contribution in [0.4, 0.5) is 0 Å². The van der Waals surface area contributed by atoms with Gasteiger partial charge in [0.05, 0.1) is 0 Å². The Balaban J connectivity index is 0. The van der Waals surface area contributed by atoms with Crippen molar-refractivity contribution in [1.29, 1.82) is 0 Å². The Labute approximate surface area is 102 Å². The second-order valence-electron chi connectivity index (χ2n) is 0. The summed E-state index contributed by atoms with van der Waals surface area (Å²) >= 11 is 0. The minimum Gasteiger partial charge on any atom is 0 e. The molecule has 0 spiro atoms. The van der Waals surface area contributed by atoms with E-state index in [0.717, 1.165) is 0 Å². The Morgan fingerprint density at radius 3 is 1.00 bits per heavy atom. The Morgan fingerprint density at radius 2 is 1.00 bits per heavy atom. The first kappa shape index (κ1) is 40.1. The molecule has 0 amide bonds. The molecule has 0 aliphatic carbocycles. The van der Waals surface area contributed by atoms with Crippen molar-refractivity contribution in [2.75, 3.05) is 0 Å². The topological polar surface area (TPSA) is 0 Å². The largest absolute Gasteiger partial charge is 0.187 e. The molecule has 0 unspecified atom stereocenters. The molecule has 0 rings (SSSR count). The minimum atomic E-state index is 0. The molecule has 0 aliphatic rings. The molecule has 0 atom stereocenters. The molecule has 0 aromatic rings. The first-order valence-corrected chi connectivity index (χ1v) is 0. The molecule has 0 aromatic heterocycles. The monoisotopic (exact) mass is 374 g/mol. The van der Waals surface area contributed by atoms with Crippen LogP contribution in [-0.4, -0.2) is 17.4 Å². The van der Waals surface area contributed by atoms with E-state index in [2.05, 4.69) is 0 Å². The number of rotatable bonds is 0. The van der Waals surface area contributed by atoms with Crippen molar-refractivity contribution in [1.82, 2.24) is 0 Å². The summed E-state index contributed by atoms with van der Waals surface area (Å²) in [4.78, 5) is 0. The van der Waals surface area contributed by atoms with Crippen molar-refractivity contribution < 1.29 is 86.7 Å². The molecule has 0 fully saturated rings. The first-order valence-electron chi connectivity index (χ1n) is 0. The first-order chi connectivity index (χ1) is 0. The standard InChI is InChI=1S/Al.Cu.Mo.Nb.Zr.3H. The third kappa shape index (κ3) is 18.7. The predicted octanol–water partition coefficient (Wildman–Crippen LogP) is -1.19. The van der Waals surface area contributed by atoms with Crippen LogP contribution in [0.3, 0.4) is 0 Å². The number of hydrogen-bond donors (Lipinski definition) is 0. The van der Waals surface area contributed by atoms with Crippen LogP contribution in [0.15, 0.2) is 0 Å². The fourth-order valence-corrected chi connectivity index (χ4v) is 0. The molecule has 0 aromatic carbocycles. The van der Waals surface area contributed by atoms with E-state index in [9.17, 15) is 0 Å². The van der Waals surface area contributed by atoms with Crippen molar-refractivity contribution in [2.45, 2.75) is 0 Å². The Kier molecular flexibility index (Phi) is 211. The smallest absolute Gasteiger partial charge is 0 e. The van der Waals surface area contributed by atoms with Crippen molar-refractivity contribution >= 4 is 17.4 Å². The molecule has 0 saturated carbocycles. The van der Waals surface area contributed by atoms with Crippen molar-refractivity contribution in [2.24, 2.45) is 0 Å². The van der Waals surface area contributed by atoms with Crippen LogP contribution in [0.5, 0.6) is 0 Å². The van der Waals surface area contributed by atoms with Gasteiger partial charge in [0.15, 0.2) is 17.4 Å². The Hall–Kier alpha value is 3.36. The predicted molar refractivity (Wildman–Crippen MR) is 9.94 cm³/mol. The summed E-state index contributed by atoms with van der Waals surface area (Å²) in [5, 5.41) is 0. The van der Waals surface area contributed by atoms with Gasteiger partial charge in [0.25, 0.3) is 0 Å². The second kappa shape index (κ2) is 26.4. The molecule has 0 N–H and O–H groups in total. The Bertz CT molecular complexity index is 11.6. The van der Waals surface area contributed by atoms with E-state index in [1.807, 2.05) is 0 Å². The van der Waals surface area contributed by atoms with Crippen LogP contribution < -0.4 is 0 Å². The molecule has 0 bridgehead atoms. The van der Waals surface area contributed by atoms with E-state index in [0.29, 0.717) is 0 Å². The van der Waals surface area contributed by atoms with Crippen molar-refractivity contribution in [3.63, 3.8) is 0 Å². The van der Waals surface area contributed by atoms with Gasteiger partial charge in [-0.15, -0.1) is 0 Å². The molecule has 0 nitrogen and oxygen atoms in total. The molecule has 5 heteroatoms. The fraction of sp³-hybridized carbons (Fsp3) is 0.